The Labute approximate surface area is 126 Å². The fourth-order valence-electron chi connectivity index (χ4n) is 3.46. The van der Waals surface area contributed by atoms with Crippen molar-refractivity contribution in [2.45, 2.75) is 25.0 Å². The Hall–Kier alpha value is -1.84. The van der Waals surface area contributed by atoms with Gasteiger partial charge in [0.1, 0.15) is 5.69 Å². The first-order valence-corrected chi connectivity index (χ1v) is 7.35. The maximum absolute atomic E-state index is 11.9. The van der Waals surface area contributed by atoms with Gasteiger partial charge in [-0.15, -0.1) is 0 Å². The Morgan fingerprint density at radius 3 is 2.64 bits per heavy atom. The molecule has 0 unspecified atom stereocenters. The number of rotatable bonds is 3. The van der Waals surface area contributed by atoms with Crippen molar-refractivity contribution >= 4 is 17.5 Å². The van der Waals surface area contributed by atoms with E-state index in [2.05, 4.69) is 15.3 Å². The highest BCUT2D eigenvalue weighted by Crippen LogP contribution is 2.37. The van der Waals surface area contributed by atoms with Crippen LogP contribution < -0.4 is 21.5 Å². The molecule has 1 fully saturated rings. The van der Waals surface area contributed by atoms with Crippen LogP contribution >= 0.6 is 0 Å². The van der Waals surface area contributed by atoms with Crippen LogP contribution in [0.4, 0.5) is 17.5 Å². The Morgan fingerprint density at radius 2 is 1.95 bits per heavy atom. The first kappa shape index (κ1) is 15.1. The lowest BCUT2D eigenvalue weighted by atomic mass is 9.75. The Kier molecular flexibility index (Phi) is 3.94. The molecule has 0 aromatic carbocycles. The average Bonchev–Trinajstić information content (AvgIpc) is 2.90. The van der Waals surface area contributed by atoms with Gasteiger partial charge in [0.25, 0.3) is 5.56 Å². The normalized spacial score (nSPS) is 31.0. The van der Waals surface area contributed by atoms with Gasteiger partial charge in [0.2, 0.25) is 5.95 Å². The molecule has 7 N–H and O–H groups in total. The van der Waals surface area contributed by atoms with Crippen LogP contribution in [0.2, 0.25) is 0 Å². The molecule has 0 radical (unpaired) electrons. The molecule has 0 saturated heterocycles. The van der Waals surface area contributed by atoms with Crippen LogP contribution in [-0.4, -0.2) is 57.3 Å². The van der Waals surface area contributed by atoms with Crippen molar-refractivity contribution in [2.24, 2.45) is 11.8 Å². The van der Waals surface area contributed by atoms with E-state index in [-0.39, 0.29) is 42.6 Å². The summed E-state index contributed by atoms with van der Waals surface area (Å²) in [6.45, 7) is 0.237. The highest BCUT2D eigenvalue weighted by atomic mass is 16.3. The number of hydrogen-bond acceptors (Lipinski definition) is 8. The maximum atomic E-state index is 11.9. The molecule has 4 atom stereocenters. The van der Waals surface area contributed by atoms with E-state index < -0.39 is 6.10 Å². The summed E-state index contributed by atoms with van der Waals surface area (Å²) in [5.74, 6) is 0.226. The molecule has 3 rings (SSSR count). The number of nitrogens with one attached hydrogen (secondary N) is 2. The van der Waals surface area contributed by atoms with Crippen LogP contribution in [-0.2, 0) is 0 Å². The zero-order valence-corrected chi connectivity index (χ0v) is 12.1. The molecular weight excluding hydrogens is 290 g/mol. The quantitative estimate of drug-likeness (QED) is 0.386. The van der Waals surface area contributed by atoms with Crippen molar-refractivity contribution in [1.29, 1.82) is 0 Å². The zero-order valence-electron chi connectivity index (χ0n) is 12.1. The van der Waals surface area contributed by atoms with Gasteiger partial charge < -0.3 is 31.3 Å². The van der Waals surface area contributed by atoms with E-state index in [0.717, 1.165) is 0 Å². The lowest BCUT2D eigenvalue weighted by Gasteiger charge is -2.42. The van der Waals surface area contributed by atoms with Gasteiger partial charge in [0, 0.05) is 13.2 Å². The number of nitrogens with zero attached hydrogens (tertiary/aromatic N) is 2. The minimum atomic E-state index is -0.671. The fourth-order valence-corrected chi connectivity index (χ4v) is 3.46. The first-order chi connectivity index (χ1) is 10.5. The van der Waals surface area contributed by atoms with Gasteiger partial charge in [-0.25, -0.2) is 0 Å². The molecule has 122 valence electrons. The molecule has 9 nitrogen and oxygen atoms in total. The molecule has 1 aromatic heterocycles. The Balaban J connectivity index is 1.89. The first-order valence-electron chi connectivity index (χ1n) is 7.35. The number of anilines is 3. The molecule has 1 aliphatic carbocycles. The van der Waals surface area contributed by atoms with Crippen LogP contribution in [0.15, 0.2) is 4.79 Å². The number of H-pyrrole nitrogens is 1. The van der Waals surface area contributed by atoms with Gasteiger partial charge in [0.15, 0.2) is 5.82 Å². The Morgan fingerprint density at radius 1 is 1.27 bits per heavy atom. The monoisotopic (exact) mass is 311 g/mol. The van der Waals surface area contributed by atoms with Gasteiger partial charge in [-0.05, 0) is 24.7 Å². The summed E-state index contributed by atoms with van der Waals surface area (Å²) in [5, 5.41) is 32.2. The number of aliphatic hydroxyl groups is 3. The molecule has 0 amide bonds. The Bertz CT molecular complexity index is 607. The second-order valence-corrected chi connectivity index (χ2v) is 5.95. The third-order valence-electron chi connectivity index (χ3n) is 4.69. The van der Waals surface area contributed by atoms with Gasteiger partial charge in [0.05, 0.1) is 18.8 Å². The standard InChI is InChI=1S/C13H21N5O4/c14-13-16-11-10(12(22)17-13)15-5-18(11)8-1-6(3-19)7(4-20)2-9(8)21/h6-9,15,19-21H,1-5H2,(H3,14,16,17,22)/t6-,7-,8-,9-/m1/s1. The van der Waals surface area contributed by atoms with Gasteiger partial charge >= 0.3 is 0 Å². The number of aromatic nitrogens is 2. The molecule has 1 saturated carbocycles. The largest absolute Gasteiger partial charge is 0.396 e. The minimum absolute atomic E-state index is 0.0229. The van der Waals surface area contributed by atoms with Crippen LogP contribution in [0.5, 0.6) is 0 Å². The molecular formula is C13H21N5O4. The van der Waals surface area contributed by atoms with Crippen molar-refractivity contribution in [3.05, 3.63) is 10.4 Å². The molecule has 1 aromatic rings. The van der Waals surface area contributed by atoms with E-state index in [1.165, 1.54) is 0 Å². The lowest BCUT2D eigenvalue weighted by Crippen LogP contribution is -2.51. The second kappa shape index (κ2) is 5.75. The van der Waals surface area contributed by atoms with Gasteiger partial charge in [-0.1, -0.05) is 0 Å². The van der Waals surface area contributed by atoms with Crippen molar-refractivity contribution in [1.82, 2.24) is 9.97 Å². The predicted octanol–water partition coefficient (Wildman–Crippen LogP) is -1.72. The van der Waals surface area contributed by atoms with Crippen LogP contribution in [0, 0.1) is 11.8 Å². The van der Waals surface area contributed by atoms with Gasteiger partial charge in [-0.2, -0.15) is 4.98 Å². The van der Waals surface area contributed by atoms with Crippen molar-refractivity contribution < 1.29 is 15.3 Å². The topological polar surface area (TPSA) is 148 Å². The smallest absolute Gasteiger partial charge is 0.277 e. The van der Waals surface area contributed by atoms with E-state index >= 15 is 0 Å². The van der Waals surface area contributed by atoms with Crippen LogP contribution in [0.25, 0.3) is 0 Å². The number of fused-ring (bicyclic) bond motifs is 1. The summed E-state index contributed by atoms with van der Waals surface area (Å²) < 4.78 is 0. The SMILES string of the molecule is Nc1nc2c(c(=O)[nH]1)NCN2[C@@H]1C[C@H](CO)[C@@H](CO)C[C@H]1O. The summed E-state index contributed by atoms with van der Waals surface area (Å²) in [5.41, 5.74) is 5.59. The molecule has 0 bridgehead atoms. The van der Waals surface area contributed by atoms with Crippen LogP contribution in [0.3, 0.4) is 0 Å². The summed E-state index contributed by atoms with van der Waals surface area (Å²) in [6, 6.07) is -0.289. The molecule has 9 heteroatoms. The van der Waals surface area contributed by atoms with Crippen molar-refractivity contribution in [3.8, 4) is 0 Å². The summed E-state index contributed by atoms with van der Waals surface area (Å²) in [6.07, 6.45) is 0.241. The number of nitrogens with two attached hydrogens (primary N) is 1. The maximum Gasteiger partial charge on any atom is 0.277 e. The van der Waals surface area contributed by atoms with Gasteiger partial charge in [-0.3, -0.25) is 9.78 Å². The molecule has 0 spiro atoms. The number of aromatic amines is 1. The number of aliphatic hydroxyl groups excluding tert-OH is 3. The molecule has 1 aliphatic heterocycles. The molecule has 22 heavy (non-hydrogen) atoms. The zero-order chi connectivity index (χ0) is 15.9. The fraction of sp³-hybridized carbons (Fsp3) is 0.692. The highest BCUT2D eigenvalue weighted by molar-refractivity contribution is 5.71. The molecule has 2 heterocycles. The second-order valence-electron chi connectivity index (χ2n) is 5.95. The summed E-state index contributed by atoms with van der Waals surface area (Å²) in [4.78, 5) is 20.3. The summed E-state index contributed by atoms with van der Waals surface area (Å²) >= 11 is 0. The predicted molar refractivity (Wildman–Crippen MR) is 80.4 cm³/mol. The van der Waals surface area contributed by atoms with E-state index in [0.29, 0.717) is 31.0 Å². The minimum Gasteiger partial charge on any atom is -0.396 e. The third kappa shape index (κ3) is 2.40. The van der Waals surface area contributed by atoms with Crippen molar-refractivity contribution in [3.63, 3.8) is 0 Å². The lowest BCUT2D eigenvalue weighted by molar-refractivity contribution is 0.00448. The average molecular weight is 311 g/mol. The molecule has 2 aliphatic rings. The van der Waals surface area contributed by atoms with Crippen molar-refractivity contribution in [2.75, 3.05) is 35.8 Å². The van der Waals surface area contributed by atoms with E-state index in [9.17, 15) is 20.1 Å². The van der Waals surface area contributed by atoms with Crippen LogP contribution in [0.1, 0.15) is 12.8 Å². The third-order valence-corrected chi connectivity index (χ3v) is 4.69. The number of hydrogen-bond donors (Lipinski definition) is 6. The summed E-state index contributed by atoms with van der Waals surface area (Å²) in [7, 11) is 0. The van der Waals surface area contributed by atoms with E-state index in [4.69, 9.17) is 5.73 Å². The number of nitrogen functional groups attached to an aromatic ring is 1. The van der Waals surface area contributed by atoms with E-state index in [1.807, 2.05) is 4.90 Å². The van der Waals surface area contributed by atoms with E-state index in [1.54, 1.807) is 0 Å². The highest BCUT2D eigenvalue weighted by Gasteiger charge is 2.41.